The summed E-state index contributed by atoms with van der Waals surface area (Å²) in [6.45, 7) is 3.86. The fourth-order valence-corrected chi connectivity index (χ4v) is 3.40. The molecule has 1 fully saturated rings. The Morgan fingerprint density at radius 1 is 1.28 bits per heavy atom. The molecule has 0 aliphatic heterocycles. The first-order valence-electron chi connectivity index (χ1n) is 9.32. The molecule has 1 aliphatic carbocycles. The Morgan fingerprint density at radius 2 is 2.12 bits per heavy atom. The van der Waals surface area contributed by atoms with Crippen molar-refractivity contribution in [2.45, 2.75) is 45.1 Å². The maximum Gasteiger partial charge on any atom is 0.190 e. The van der Waals surface area contributed by atoms with Crippen molar-refractivity contribution in [2.75, 3.05) is 40.5 Å². The molecule has 0 bridgehead atoms. The standard InChI is InChI=1S/C19H33N3O3/c1-20-18(21-11-6-12-24-15-17-7-5-13-25-17)22-16-19(10-14-23-2)8-3-4-9-19/h5,7,13H,3-4,6,8-12,14-16H2,1-2H3,(H2,20,21,22). The first-order valence-corrected chi connectivity index (χ1v) is 9.32. The smallest absolute Gasteiger partial charge is 0.190 e. The summed E-state index contributed by atoms with van der Waals surface area (Å²) in [5.74, 6) is 1.73. The second kappa shape index (κ2) is 11.2. The molecule has 0 atom stereocenters. The van der Waals surface area contributed by atoms with Crippen molar-refractivity contribution in [1.82, 2.24) is 10.6 Å². The van der Waals surface area contributed by atoms with Gasteiger partial charge in [0.15, 0.2) is 5.96 Å². The molecular weight excluding hydrogens is 318 g/mol. The predicted molar refractivity (Wildman–Crippen MR) is 99.7 cm³/mol. The monoisotopic (exact) mass is 351 g/mol. The van der Waals surface area contributed by atoms with E-state index in [4.69, 9.17) is 13.9 Å². The fraction of sp³-hybridized carbons (Fsp3) is 0.737. The van der Waals surface area contributed by atoms with Crippen molar-refractivity contribution in [1.29, 1.82) is 0 Å². The minimum absolute atomic E-state index is 0.361. The minimum atomic E-state index is 0.361. The number of rotatable bonds is 11. The molecule has 1 aromatic rings. The van der Waals surface area contributed by atoms with Crippen molar-refractivity contribution < 1.29 is 13.9 Å². The predicted octanol–water partition coefficient (Wildman–Crippen LogP) is 2.95. The molecule has 0 radical (unpaired) electrons. The zero-order valence-corrected chi connectivity index (χ0v) is 15.7. The number of ether oxygens (including phenoxy) is 2. The van der Waals surface area contributed by atoms with Crippen LogP contribution in [0, 0.1) is 5.41 Å². The molecule has 0 amide bonds. The zero-order valence-electron chi connectivity index (χ0n) is 15.7. The van der Waals surface area contributed by atoms with Gasteiger partial charge in [0, 0.05) is 40.5 Å². The molecule has 142 valence electrons. The summed E-state index contributed by atoms with van der Waals surface area (Å²) in [4.78, 5) is 4.33. The molecule has 2 rings (SSSR count). The topological polar surface area (TPSA) is 68.0 Å². The molecule has 1 aliphatic rings. The van der Waals surface area contributed by atoms with E-state index in [1.165, 1.54) is 25.7 Å². The highest BCUT2D eigenvalue weighted by molar-refractivity contribution is 5.79. The van der Waals surface area contributed by atoms with Gasteiger partial charge in [-0.15, -0.1) is 0 Å². The SMILES string of the molecule is CN=C(NCCCOCc1ccco1)NCC1(CCOC)CCCC1. The van der Waals surface area contributed by atoms with Gasteiger partial charge < -0.3 is 24.5 Å². The molecule has 2 N–H and O–H groups in total. The second-order valence-corrected chi connectivity index (χ2v) is 6.79. The average Bonchev–Trinajstić information content (AvgIpc) is 3.31. The highest BCUT2D eigenvalue weighted by atomic mass is 16.5. The van der Waals surface area contributed by atoms with Gasteiger partial charge in [0.1, 0.15) is 12.4 Å². The lowest BCUT2D eigenvalue weighted by Crippen LogP contribution is -2.43. The van der Waals surface area contributed by atoms with Crippen LogP contribution in [0.3, 0.4) is 0 Å². The number of guanidine groups is 1. The van der Waals surface area contributed by atoms with E-state index in [2.05, 4.69) is 15.6 Å². The van der Waals surface area contributed by atoms with E-state index in [1.54, 1.807) is 13.4 Å². The number of methoxy groups -OCH3 is 1. The number of hydrogen-bond acceptors (Lipinski definition) is 4. The Labute approximate surface area is 151 Å². The van der Waals surface area contributed by atoms with Gasteiger partial charge in [0.2, 0.25) is 0 Å². The van der Waals surface area contributed by atoms with Gasteiger partial charge >= 0.3 is 0 Å². The highest BCUT2D eigenvalue weighted by Gasteiger charge is 2.33. The van der Waals surface area contributed by atoms with Crippen LogP contribution in [0.25, 0.3) is 0 Å². The Hall–Kier alpha value is -1.53. The Morgan fingerprint density at radius 3 is 2.80 bits per heavy atom. The van der Waals surface area contributed by atoms with Crippen LogP contribution in [-0.2, 0) is 16.1 Å². The Kier molecular flexibility index (Phi) is 8.83. The lowest BCUT2D eigenvalue weighted by atomic mass is 9.83. The number of nitrogens with one attached hydrogen (secondary N) is 2. The average molecular weight is 351 g/mol. The lowest BCUT2D eigenvalue weighted by Gasteiger charge is -2.30. The second-order valence-electron chi connectivity index (χ2n) is 6.79. The number of furan rings is 1. The summed E-state index contributed by atoms with van der Waals surface area (Å²) in [6.07, 6.45) is 8.92. The van der Waals surface area contributed by atoms with E-state index < -0.39 is 0 Å². The number of aliphatic imine (C=N–C) groups is 1. The summed E-state index contributed by atoms with van der Waals surface area (Å²) in [7, 11) is 3.60. The minimum Gasteiger partial charge on any atom is -0.467 e. The van der Waals surface area contributed by atoms with Gasteiger partial charge in [-0.25, -0.2) is 0 Å². The third-order valence-corrected chi connectivity index (χ3v) is 4.94. The normalized spacial score (nSPS) is 17.0. The zero-order chi connectivity index (χ0) is 17.8. The Balaban J connectivity index is 1.59. The van der Waals surface area contributed by atoms with Crippen LogP contribution < -0.4 is 10.6 Å². The van der Waals surface area contributed by atoms with Crippen LogP contribution in [-0.4, -0.2) is 46.4 Å². The summed E-state index contributed by atoms with van der Waals surface area (Å²) in [5, 5.41) is 6.87. The molecule has 0 aromatic carbocycles. The maximum atomic E-state index is 5.59. The maximum absolute atomic E-state index is 5.59. The summed E-state index contributed by atoms with van der Waals surface area (Å²) < 4.78 is 16.1. The van der Waals surface area contributed by atoms with Crippen molar-refractivity contribution in [3.8, 4) is 0 Å². The van der Waals surface area contributed by atoms with Crippen molar-refractivity contribution in [3.05, 3.63) is 24.2 Å². The van der Waals surface area contributed by atoms with E-state index in [-0.39, 0.29) is 0 Å². The molecule has 0 saturated heterocycles. The van der Waals surface area contributed by atoms with Crippen LogP contribution >= 0.6 is 0 Å². The van der Waals surface area contributed by atoms with Gasteiger partial charge in [0.25, 0.3) is 0 Å². The van der Waals surface area contributed by atoms with E-state index >= 15 is 0 Å². The van der Waals surface area contributed by atoms with E-state index in [1.807, 2.05) is 19.2 Å². The van der Waals surface area contributed by atoms with E-state index in [9.17, 15) is 0 Å². The largest absolute Gasteiger partial charge is 0.467 e. The number of nitrogens with zero attached hydrogens (tertiary/aromatic N) is 1. The first-order chi connectivity index (χ1) is 12.3. The molecular formula is C19H33N3O3. The molecule has 0 spiro atoms. The van der Waals surface area contributed by atoms with Crippen LogP contribution in [0.2, 0.25) is 0 Å². The Bertz CT molecular complexity index is 482. The van der Waals surface area contributed by atoms with Gasteiger partial charge in [0.05, 0.1) is 6.26 Å². The van der Waals surface area contributed by atoms with Gasteiger partial charge in [-0.05, 0) is 43.2 Å². The summed E-state index contributed by atoms with van der Waals surface area (Å²) in [5.41, 5.74) is 0.361. The van der Waals surface area contributed by atoms with Crippen molar-refractivity contribution in [2.24, 2.45) is 10.4 Å². The summed E-state index contributed by atoms with van der Waals surface area (Å²) >= 11 is 0. The van der Waals surface area contributed by atoms with Crippen LogP contribution in [0.1, 0.15) is 44.3 Å². The van der Waals surface area contributed by atoms with Gasteiger partial charge in [-0.1, -0.05) is 12.8 Å². The van der Waals surface area contributed by atoms with Gasteiger partial charge in [-0.3, -0.25) is 4.99 Å². The van der Waals surface area contributed by atoms with Crippen molar-refractivity contribution in [3.63, 3.8) is 0 Å². The summed E-state index contributed by atoms with van der Waals surface area (Å²) in [6, 6.07) is 3.80. The van der Waals surface area contributed by atoms with E-state index in [0.29, 0.717) is 18.6 Å². The lowest BCUT2D eigenvalue weighted by molar-refractivity contribution is 0.105. The third kappa shape index (κ3) is 7.08. The van der Waals surface area contributed by atoms with Crippen LogP contribution in [0.4, 0.5) is 0 Å². The molecule has 6 heteroatoms. The number of hydrogen-bond donors (Lipinski definition) is 2. The highest BCUT2D eigenvalue weighted by Crippen LogP contribution is 2.40. The van der Waals surface area contributed by atoms with Crippen molar-refractivity contribution >= 4 is 5.96 Å². The molecule has 1 aromatic heterocycles. The van der Waals surface area contributed by atoms with Crippen LogP contribution in [0.5, 0.6) is 0 Å². The van der Waals surface area contributed by atoms with E-state index in [0.717, 1.165) is 44.3 Å². The molecule has 1 saturated carbocycles. The fourth-order valence-electron chi connectivity index (χ4n) is 3.40. The molecule has 6 nitrogen and oxygen atoms in total. The van der Waals surface area contributed by atoms with Crippen LogP contribution in [0.15, 0.2) is 27.8 Å². The quantitative estimate of drug-likeness (QED) is 0.364. The van der Waals surface area contributed by atoms with Gasteiger partial charge in [-0.2, -0.15) is 0 Å². The molecule has 1 heterocycles. The third-order valence-electron chi connectivity index (χ3n) is 4.94. The molecule has 0 unspecified atom stereocenters. The molecule has 25 heavy (non-hydrogen) atoms. The first kappa shape index (κ1) is 19.8.